The number of hydrogen-bond donors (Lipinski definition) is 2. The zero-order chi connectivity index (χ0) is 18.1. The van der Waals surface area contributed by atoms with E-state index in [1.165, 1.54) is 5.56 Å². The standard InChI is InChI=1S/C20H19N3O2S/c1-12(14-6-4-3-5-7-14)21-20-23-19(13(2)26-20)15-8-9-17-16(10-15)22-18(24)11-25-17/h3-10,12H,11H2,1-2H3,(H,21,23)(H,22,24)/t12-/m1/s1. The van der Waals surface area contributed by atoms with E-state index < -0.39 is 0 Å². The first kappa shape index (κ1) is 16.6. The summed E-state index contributed by atoms with van der Waals surface area (Å²) >= 11 is 1.63. The van der Waals surface area contributed by atoms with Gasteiger partial charge in [0.15, 0.2) is 11.7 Å². The van der Waals surface area contributed by atoms with Crippen molar-refractivity contribution in [3.8, 4) is 17.0 Å². The lowest BCUT2D eigenvalue weighted by atomic mass is 10.1. The molecule has 0 saturated heterocycles. The molecular formula is C20H19N3O2S. The number of nitrogens with zero attached hydrogens (tertiary/aromatic N) is 1. The molecule has 0 aliphatic carbocycles. The maximum atomic E-state index is 11.5. The summed E-state index contributed by atoms with van der Waals surface area (Å²) in [4.78, 5) is 17.4. The van der Waals surface area contributed by atoms with Crippen LogP contribution in [0.2, 0.25) is 0 Å². The predicted molar refractivity (Wildman–Crippen MR) is 105 cm³/mol. The normalized spacial score (nSPS) is 14.2. The number of hydrogen-bond acceptors (Lipinski definition) is 5. The van der Waals surface area contributed by atoms with Gasteiger partial charge in [0.25, 0.3) is 5.91 Å². The van der Waals surface area contributed by atoms with Crippen molar-refractivity contribution in [1.29, 1.82) is 0 Å². The van der Waals surface area contributed by atoms with Crippen LogP contribution in [0.15, 0.2) is 48.5 Å². The Morgan fingerprint density at radius 3 is 2.85 bits per heavy atom. The molecule has 3 aromatic rings. The van der Waals surface area contributed by atoms with Crippen LogP contribution in [0.1, 0.15) is 23.4 Å². The monoisotopic (exact) mass is 365 g/mol. The van der Waals surface area contributed by atoms with Gasteiger partial charge in [-0.05, 0) is 37.6 Å². The summed E-state index contributed by atoms with van der Waals surface area (Å²) in [5.74, 6) is 0.556. The molecule has 0 spiro atoms. The third kappa shape index (κ3) is 3.28. The van der Waals surface area contributed by atoms with Crippen LogP contribution in [0.4, 0.5) is 10.8 Å². The third-order valence-electron chi connectivity index (χ3n) is 4.32. The van der Waals surface area contributed by atoms with E-state index in [0.29, 0.717) is 11.4 Å². The molecule has 132 valence electrons. The number of anilines is 2. The van der Waals surface area contributed by atoms with Crippen molar-refractivity contribution in [2.45, 2.75) is 19.9 Å². The lowest BCUT2D eigenvalue weighted by Gasteiger charge is -2.18. The molecule has 2 N–H and O–H groups in total. The van der Waals surface area contributed by atoms with Gasteiger partial charge in [-0.25, -0.2) is 4.98 Å². The van der Waals surface area contributed by atoms with Crippen molar-refractivity contribution in [3.05, 3.63) is 59.0 Å². The molecule has 0 unspecified atom stereocenters. The number of carbonyl (C=O) groups is 1. The SMILES string of the molecule is Cc1sc(N[C@H](C)c2ccccc2)nc1-c1ccc2c(c1)NC(=O)CO2. The molecule has 1 amide bonds. The van der Waals surface area contributed by atoms with E-state index in [1.54, 1.807) is 11.3 Å². The number of carbonyl (C=O) groups excluding carboxylic acids is 1. The number of aromatic nitrogens is 1. The van der Waals surface area contributed by atoms with Gasteiger partial charge in [-0.15, -0.1) is 11.3 Å². The van der Waals surface area contributed by atoms with Gasteiger partial charge < -0.3 is 15.4 Å². The number of amides is 1. The summed E-state index contributed by atoms with van der Waals surface area (Å²) in [6, 6.07) is 16.2. The smallest absolute Gasteiger partial charge is 0.262 e. The summed E-state index contributed by atoms with van der Waals surface area (Å²) in [5, 5.41) is 7.20. The zero-order valence-electron chi connectivity index (χ0n) is 14.6. The highest BCUT2D eigenvalue weighted by Crippen LogP contribution is 2.36. The van der Waals surface area contributed by atoms with Crippen LogP contribution in [-0.2, 0) is 4.79 Å². The fourth-order valence-corrected chi connectivity index (χ4v) is 3.89. The molecule has 1 aliphatic rings. The Morgan fingerprint density at radius 1 is 1.23 bits per heavy atom. The maximum Gasteiger partial charge on any atom is 0.262 e. The molecule has 0 saturated carbocycles. The van der Waals surface area contributed by atoms with E-state index in [9.17, 15) is 4.79 Å². The van der Waals surface area contributed by atoms with Gasteiger partial charge in [0.05, 0.1) is 17.4 Å². The molecule has 6 heteroatoms. The van der Waals surface area contributed by atoms with Crippen LogP contribution >= 0.6 is 11.3 Å². The molecule has 2 heterocycles. The molecule has 0 fully saturated rings. The molecule has 1 aromatic heterocycles. The minimum Gasteiger partial charge on any atom is -0.482 e. The summed E-state index contributed by atoms with van der Waals surface area (Å²) in [7, 11) is 0. The van der Waals surface area contributed by atoms with Crippen molar-refractivity contribution >= 4 is 28.1 Å². The second-order valence-electron chi connectivity index (χ2n) is 6.25. The topological polar surface area (TPSA) is 63.2 Å². The Kier molecular flexibility index (Phi) is 4.34. The fourth-order valence-electron chi connectivity index (χ4n) is 2.97. The maximum absolute atomic E-state index is 11.5. The van der Waals surface area contributed by atoms with Gasteiger partial charge >= 0.3 is 0 Å². The number of fused-ring (bicyclic) bond motifs is 1. The Labute approximate surface area is 156 Å². The van der Waals surface area contributed by atoms with Gasteiger partial charge in [0.1, 0.15) is 5.75 Å². The highest BCUT2D eigenvalue weighted by Gasteiger charge is 2.18. The second-order valence-corrected chi connectivity index (χ2v) is 7.45. The minimum atomic E-state index is -0.135. The average Bonchev–Trinajstić information content (AvgIpc) is 3.02. The zero-order valence-corrected chi connectivity index (χ0v) is 15.4. The largest absolute Gasteiger partial charge is 0.482 e. The second kappa shape index (κ2) is 6.80. The van der Waals surface area contributed by atoms with Crippen LogP contribution in [0.5, 0.6) is 5.75 Å². The van der Waals surface area contributed by atoms with Crippen LogP contribution in [0, 0.1) is 6.92 Å². The molecule has 1 aliphatic heterocycles. The van der Waals surface area contributed by atoms with Gasteiger partial charge in [0.2, 0.25) is 0 Å². The lowest BCUT2D eigenvalue weighted by Crippen LogP contribution is -2.25. The van der Waals surface area contributed by atoms with E-state index in [-0.39, 0.29) is 18.6 Å². The average molecular weight is 365 g/mol. The molecule has 2 aromatic carbocycles. The Bertz CT molecular complexity index is 953. The molecule has 5 nitrogen and oxygen atoms in total. The molecule has 4 rings (SSSR count). The van der Waals surface area contributed by atoms with Crippen molar-refractivity contribution in [2.75, 3.05) is 17.2 Å². The van der Waals surface area contributed by atoms with E-state index in [0.717, 1.165) is 21.3 Å². The number of benzene rings is 2. The quantitative estimate of drug-likeness (QED) is 0.708. The van der Waals surface area contributed by atoms with Crippen LogP contribution < -0.4 is 15.4 Å². The van der Waals surface area contributed by atoms with Gasteiger partial charge in [0, 0.05) is 10.4 Å². The third-order valence-corrected chi connectivity index (χ3v) is 5.22. The summed E-state index contributed by atoms with van der Waals surface area (Å²) < 4.78 is 5.42. The highest BCUT2D eigenvalue weighted by molar-refractivity contribution is 7.16. The predicted octanol–water partition coefficient (Wildman–Crippen LogP) is 4.62. The van der Waals surface area contributed by atoms with Crippen LogP contribution in [0.3, 0.4) is 0 Å². The number of thiazole rings is 1. The van der Waals surface area contributed by atoms with Gasteiger partial charge in [-0.2, -0.15) is 0 Å². The lowest BCUT2D eigenvalue weighted by molar-refractivity contribution is -0.118. The number of aryl methyl sites for hydroxylation is 1. The van der Waals surface area contributed by atoms with Crippen molar-refractivity contribution in [3.63, 3.8) is 0 Å². The fraction of sp³-hybridized carbons (Fsp3) is 0.200. The number of rotatable bonds is 4. The Balaban J connectivity index is 1.59. The summed E-state index contributed by atoms with van der Waals surface area (Å²) in [5.41, 5.74) is 3.79. The Hall–Kier alpha value is -2.86. The molecule has 26 heavy (non-hydrogen) atoms. The van der Waals surface area contributed by atoms with Crippen LogP contribution in [0.25, 0.3) is 11.3 Å². The molecule has 1 atom stereocenters. The first-order chi connectivity index (χ1) is 12.6. The summed E-state index contributed by atoms with van der Waals surface area (Å²) in [6.07, 6.45) is 0. The van der Waals surface area contributed by atoms with Crippen molar-refractivity contribution < 1.29 is 9.53 Å². The molecule has 0 bridgehead atoms. The van der Waals surface area contributed by atoms with Crippen molar-refractivity contribution in [1.82, 2.24) is 4.98 Å². The molecular weight excluding hydrogens is 346 g/mol. The first-order valence-electron chi connectivity index (χ1n) is 8.46. The number of nitrogens with one attached hydrogen (secondary N) is 2. The minimum absolute atomic E-state index is 0.0630. The highest BCUT2D eigenvalue weighted by atomic mass is 32.1. The van der Waals surface area contributed by atoms with E-state index in [1.807, 2.05) is 36.4 Å². The van der Waals surface area contributed by atoms with E-state index in [4.69, 9.17) is 9.72 Å². The Morgan fingerprint density at radius 2 is 2.04 bits per heavy atom. The molecule has 0 radical (unpaired) electrons. The van der Waals surface area contributed by atoms with Crippen LogP contribution in [-0.4, -0.2) is 17.5 Å². The van der Waals surface area contributed by atoms with Crippen molar-refractivity contribution in [2.24, 2.45) is 0 Å². The van der Waals surface area contributed by atoms with E-state index >= 15 is 0 Å². The summed E-state index contributed by atoms with van der Waals surface area (Å²) in [6.45, 7) is 4.24. The van der Waals surface area contributed by atoms with Gasteiger partial charge in [-0.1, -0.05) is 30.3 Å². The first-order valence-corrected chi connectivity index (χ1v) is 9.28. The van der Waals surface area contributed by atoms with Gasteiger partial charge in [-0.3, -0.25) is 4.79 Å². The van der Waals surface area contributed by atoms with E-state index in [2.05, 4.69) is 36.6 Å². The number of ether oxygens (including phenoxy) is 1.